The molecule has 1 aromatic heterocycles. The van der Waals surface area contributed by atoms with Gasteiger partial charge in [-0.1, -0.05) is 12.1 Å². The van der Waals surface area contributed by atoms with Gasteiger partial charge in [-0.05, 0) is 18.2 Å². The molecule has 0 fully saturated rings. The normalized spacial score (nSPS) is 9.76. The van der Waals surface area contributed by atoms with Crippen LogP contribution in [0.1, 0.15) is 5.56 Å². The van der Waals surface area contributed by atoms with Gasteiger partial charge in [0.15, 0.2) is 0 Å². The van der Waals surface area contributed by atoms with Crippen molar-refractivity contribution < 1.29 is 4.92 Å². The summed E-state index contributed by atoms with van der Waals surface area (Å²) in [7, 11) is 3.33. The minimum Gasteiger partial charge on any atom is -0.373 e. The Balaban J connectivity index is 2.59. The molecule has 106 valence electrons. The predicted molar refractivity (Wildman–Crippen MR) is 79.7 cm³/mol. The smallest absolute Gasteiger partial charge is 0.312 e. The number of rotatable bonds is 4. The molecular weight excluding hydrogens is 270 g/mol. The van der Waals surface area contributed by atoms with Crippen molar-refractivity contribution in [2.75, 3.05) is 24.3 Å². The van der Waals surface area contributed by atoms with E-state index in [4.69, 9.17) is 5.26 Å². The fraction of sp³-hybridized carbons (Fsp3) is 0.143. The lowest BCUT2D eigenvalue weighted by Gasteiger charge is -2.19. The van der Waals surface area contributed by atoms with Gasteiger partial charge in [0, 0.05) is 20.2 Å². The van der Waals surface area contributed by atoms with E-state index in [9.17, 15) is 10.1 Å². The van der Waals surface area contributed by atoms with Crippen LogP contribution >= 0.6 is 0 Å². The molecule has 0 radical (unpaired) electrons. The maximum Gasteiger partial charge on any atom is 0.312 e. The van der Waals surface area contributed by atoms with E-state index in [2.05, 4.69) is 16.4 Å². The number of nitrogens with one attached hydrogen (secondary N) is 1. The molecule has 0 spiro atoms. The Morgan fingerprint density at radius 3 is 2.67 bits per heavy atom. The monoisotopic (exact) mass is 283 g/mol. The number of benzene rings is 1. The van der Waals surface area contributed by atoms with Gasteiger partial charge in [0.1, 0.15) is 11.9 Å². The second-order valence-corrected chi connectivity index (χ2v) is 4.23. The third-order valence-corrected chi connectivity index (χ3v) is 3.01. The maximum atomic E-state index is 11.2. The Bertz CT molecular complexity index is 724. The SMILES string of the molecule is CNc1ccc([N+](=O)[O-])c(N(C)c2ccccc2C#N)n1. The molecule has 1 heterocycles. The van der Waals surface area contributed by atoms with Crippen molar-refractivity contribution in [2.24, 2.45) is 0 Å². The van der Waals surface area contributed by atoms with E-state index in [1.165, 1.54) is 17.0 Å². The Kier molecular flexibility index (Phi) is 4.00. The lowest BCUT2D eigenvalue weighted by Crippen LogP contribution is -2.15. The molecule has 1 N–H and O–H groups in total. The molecular formula is C14H13N5O2. The molecule has 0 bridgehead atoms. The van der Waals surface area contributed by atoms with Gasteiger partial charge in [0.25, 0.3) is 0 Å². The minimum absolute atomic E-state index is 0.121. The lowest BCUT2D eigenvalue weighted by atomic mass is 10.2. The molecule has 21 heavy (non-hydrogen) atoms. The molecule has 7 heteroatoms. The van der Waals surface area contributed by atoms with Crippen LogP contribution in [-0.4, -0.2) is 24.0 Å². The van der Waals surface area contributed by atoms with Crippen LogP contribution in [0, 0.1) is 21.4 Å². The van der Waals surface area contributed by atoms with E-state index < -0.39 is 4.92 Å². The zero-order valence-electron chi connectivity index (χ0n) is 11.6. The number of nitro groups is 1. The highest BCUT2D eigenvalue weighted by atomic mass is 16.6. The van der Waals surface area contributed by atoms with E-state index in [0.29, 0.717) is 17.1 Å². The molecule has 7 nitrogen and oxygen atoms in total. The standard InChI is InChI=1S/C14H13N5O2/c1-16-13-8-7-12(19(20)21)14(17-13)18(2)11-6-4-3-5-10(11)9-15/h3-8H,1-2H3,(H,16,17). The molecule has 0 aliphatic heterocycles. The van der Waals surface area contributed by atoms with Crippen LogP contribution in [0.15, 0.2) is 36.4 Å². The zero-order chi connectivity index (χ0) is 15.4. The third-order valence-electron chi connectivity index (χ3n) is 3.01. The van der Waals surface area contributed by atoms with Crippen molar-refractivity contribution in [3.63, 3.8) is 0 Å². The van der Waals surface area contributed by atoms with Crippen molar-refractivity contribution >= 4 is 23.0 Å². The zero-order valence-corrected chi connectivity index (χ0v) is 11.6. The first kappa shape index (κ1) is 14.3. The molecule has 0 amide bonds. The van der Waals surface area contributed by atoms with Crippen molar-refractivity contribution in [3.8, 4) is 6.07 Å². The van der Waals surface area contributed by atoms with Crippen LogP contribution in [0.25, 0.3) is 0 Å². The van der Waals surface area contributed by atoms with Gasteiger partial charge >= 0.3 is 5.69 Å². The van der Waals surface area contributed by atoms with Crippen molar-refractivity contribution in [1.29, 1.82) is 5.26 Å². The first-order valence-electron chi connectivity index (χ1n) is 6.14. The van der Waals surface area contributed by atoms with Gasteiger partial charge in [-0.2, -0.15) is 5.26 Å². The molecule has 2 aromatic rings. The molecule has 0 saturated carbocycles. The summed E-state index contributed by atoms with van der Waals surface area (Å²) >= 11 is 0. The largest absolute Gasteiger partial charge is 0.373 e. The van der Waals surface area contributed by atoms with Crippen LogP contribution in [0.2, 0.25) is 0 Å². The van der Waals surface area contributed by atoms with E-state index in [1.54, 1.807) is 38.4 Å². The first-order valence-corrected chi connectivity index (χ1v) is 6.14. The van der Waals surface area contributed by atoms with Crippen LogP contribution in [0.3, 0.4) is 0 Å². The average Bonchev–Trinajstić information content (AvgIpc) is 2.53. The van der Waals surface area contributed by atoms with Crippen molar-refractivity contribution in [1.82, 2.24) is 4.98 Å². The molecule has 2 rings (SSSR count). The molecule has 1 aromatic carbocycles. The highest BCUT2D eigenvalue weighted by molar-refractivity contribution is 5.73. The Hall–Kier alpha value is -3.14. The van der Waals surface area contributed by atoms with E-state index in [0.717, 1.165) is 0 Å². The summed E-state index contributed by atoms with van der Waals surface area (Å²) in [5.41, 5.74) is 0.860. The minimum atomic E-state index is -0.493. The van der Waals surface area contributed by atoms with Crippen molar-refractivity contribution in [3.05, 3.63) is 52.1 Å². The number of para-hydroxylation sites is 1. The van der Waals surface area contributed by atoms with Gasteiger partial charge in [-0.3, -0.25) is 10.1 Å². The quantitative estimate of drug-likeness (QED) is 0.684. The summed E-state index contributed by atoms with van der Waals surface area (Å²) in [6, 6.07) is 11.9. The Morgan fingerprint density at radius 2 is 2.05 bits per heavy atom. The van der Waals surface area contributed by atoms with E-state index >= 15 is 0 Å². The van der Waals surface area contributed by atoms with Gasteiger partial charge in [0.05, 0.1) is 16.2 Å². The number of hydrogen-bond acceptors (Lipinski definition) is 6. The summed E-state index contributed by atoms with van der Waals surface area (Å²) in [4.78, 5) is 16.4. The first-order chi connectivity index (χ1) is 10.1. The molecule has 0 saturated heterocycles. The molecule has 0 atom stereocenters. The average molecular weight is 283 g/mol. The Labute approximate surface area is 121 Å². The second kappa shape index (κ2) is 5.88. The highest BCUT2D eigenvalue weighted by Crippen LogP contribution is 2.33. The van der Waals surface area contributed by atoms with Crippen LogP contribution in [0.5, 0.6) is 0 Å². The van der Waals surface area contributed by atoms with Crippen LogP contribution in [0.4, 0.5) is 23.0 Å². The number of nitriles is 1. The van der Waals surface area contributed by atoms with Gasteiger partial charge in [0.2, 0.25) is 5.82 Å². The fourth-order valence-corrected chi connectivity index (χ4v) is 1.94. The van der Waals surface area contributed by atoms with Crippen molar-refractivity contribution in [2.45, 2.75) is 0 Å². The van der Waals surface area contributed by atoms with Crippen LogP contribution < -0.4 is 10.2 Å². The molecule has 0 unspecified atom stereocenters. The molecule has 0 aliphatic carbocycles. The summed E-state index contributed by atoms with van der Waals surface area (Å²) < 4.78 is 0. The topological polar surface area (TPSA) is 95.1 Å². The number of anilines is 3. The maximum absolute atomic E-state index is 11.2. The number of pyridine rings is 1. The summed E-state index contributed by atoms with van der Waals surface area (Å²) in [6.45, 7) is 0. The summed E-state index contributed by atoms with van der Waals surface area (Å²) in [6.07, 6.45) is 0. The lowest BCUT2D eigenvalue weighted by molar-refractivity contribution is -0.384. The van der Waals surface area contributed by atoms with Gasteiger partial charge in [-0.15, -0.1) is 0 Å². The highest BCUT2D eigenvalue weighted by Gasteiger charge is 2.21. The fourth-order valence-electron chi connectivity index (χ4n) is 1.94. The van der Waals surface area contributed by atoms with E-state index in [1.807, 2.05) is 0 Å². The molecule has 0 aliphatic rings. The van der Waals surface area contributed by atoms with Gasteiger partial charge < -0.3 is 10.2 Å². The number of nitrogens with zero attached hydrogens (tertiary/aromatic N) is 4. The van der Waals surface area contributed by atoms with Crippen LogP contribution in [-0.2, 0) is 0 Å². The Morgan fingerprint density at radius 1 is 1.33 bits per heavy atom. The summed E-state index contributed by atoms with van der Waals surface area (Å²) in [5, 5.41) is 23.2. The number of hydrogen-bond donors (Lipinski definition) is 1. The summed E-state index contributed by atoms with van der Waals surface area (Å²) in [5.74, 6) is 0.687. The number of aromatic nitrogens is 1. The predicted octanol–water partition coefficient (Wildman–Crippen LogP) is 2.67. The second-order valence-electron chi connectivity index (χ2n) is 4.23. The van der Waals surface area contributed by atoms with E-state index in [-0.39, 0.29) is 11.5 Å². The van der Waals surface area contributed by atoms with Gasteiger partial charge in [-0.25, -0.2) is 4.98 Å². The third kappa shape index (κ3) is 2.74.